The average Bonchev–Trinajstić information content (AvgIpc) is 3.02. The zero-order valence-corrected chi connectivity index (χ0v) is 24.4. The summed E-state index contributed by atoms with van der Waals surface area (Å²) in [6.45, 7) is 2.35. The minimum atomic E-state index is -2.12. The molecule has 15 heteroatoms. The van der Waals surface area contributed by atoms with E-state index in [1.165, 1.54) is 31.2 Å². The first-order valence-electron chi connectivity index (χ1n) is 14.0. The number of amides is 2. The molecule has 0 bridgehead atoms. The first-order chi connectivity index (χ1) is 21.8. The molecule has 2 heterocycles. The van der Waals surface area contributed by atoms with E-state index in [4.69, 9.17) is 9.47 Å². The van der Waals surface area contributed by atoms with Gasteiger partial charge in [0.2, 0.25) is 23.8 Å². The van der Waals surface area contributed by atoms with E-state index in [0.29, 0.717) is 5.56 Å². The first kappa shape index (κ1) is 33.8. The molecule has 3 aromatic rings. The van der Waals surface area contributed by atoms with Crippen molar-refractivity contribution in [1.82, 2.24) is 15.6 Å². The molecule has 1 aliphatic rings. The zero-order chi connectivity index (χ0) is 33.7. The number of nitrogens with one attached hydrogen (secondary N) is 2. The normalized spacial score (nSPS) is 24.1. The number of nitrogens with zero attached hydrogens (tertiary/aromatic N) is 1. The third kappa shape index (κ3) is 7.59. The molecule has 2 aromatic carbocycles. The van der Waals surface area contributed by atoms with Gasteiger partial charge in [0.15, 0.2) is 5.82 Å². The van der Waals surface area contributed by atoms with Crippen molar-refractivity contribution >= 4 is 23.8 Å². The van der Waals surface area contributed by atoms with Gasteiger partial charge in [-0.2, -0.15) is 18.2 Å². The Morgan fingerprint density at radius 3 is 2.22 bits per heavy atom. The van der Waals surface area contributed by atoms with Gasteiger partial charge < -0.3 is 30.3 Å². The first-order valence-corrected chi connectivity index (χ1v) is 14.0. The number of hydrogen-bond acceptors (Lipinski definition) is 9. The summed E-state index contributed by atoms with van der Waals surface area (Å²) in [5.74, 6) is -14.4. The largest absolute Gasteiger partial charge is 0.507 e. The molecule has 11 nitrogen and oxygen atoms in total. The van der Waals surface area contributed by atoms with Crippen molar-refractivity contribution in [2.45, 2.75) is 57.1 Å². The molecule has 0 radical (unpaired) electrons. The van der Waals surface area contributed by atoms with Crippen LogP contribution in [0.4, 0.5) is 17.6 Å². The molecule has 6 atom stereocenters. The van der Waals surface area contributed by atoms with Gasteiger partial charge in [-0.3, -0.25) is 14.4 Å². The van der Waals surface area contributed by atoms with Gasteiger partial charge >= 0.3 is 11.9 Å². The molecule has 1 aliphatic heterocycles. The Balaban J connectivity index is 1.75. The highest BCUT2D eigenvalue weighted by Crippen LogP contribution is 2.23. The number of esters is 2. The fourth-order valence-electron chi connectivity index (χ4n) is 4.78. The Bertz CT molecular complexity index is 1630. The van der Waals surface area contributed by atoms with Gasteiger partial charge in [-0.1, -0.05) is 42.5 Å². The number of carbonyl (C=O) groups is 4. The SMILES string of the molecule is C[C@H]1OC(=O)C(Cc2ccccc2)OC(=O)[C@H](C)[C@H](O)[C@H](Cc2c(F)nc(F)c(F)c2F)NC(=O)[C@H]1NC(=O)c1ccccc1O. The van der Waals surface area contributed by atoms with Crippen LogP contribution in [0.15, 0.2) is 54.6 Å². The predicted octanol–water partition coefficient (Wildman–Crippen LogP) is 2.27. The van der Waals surface area contributed by atoms with Gasteiger partial charge in [0, 0.05) is 18.4 Å². The van der Waals surface area contributed by atoms with E-state index >= 15 is 0 Å². The predicted molar refractivity (Wildman–Crippen MR) is 150 cm³/mol. The van der Waals surface area contributed by atoms with Crippen LogP contribution in [0.3, 0.4) is 0 Å². The topological polar surface area (TPSA) is 164 Å². The Labute approximate surface area is 259 Å². The van der Waals surface area contributed by atoms with Gasteiger partial charge in [0.25, 0.3) is 11.9 Å². The van der Waals surface area contributed by atoms with Crippen molar-refractivity contribution in [1.29, 1.82) is 0 Å². The van der Waals surface area contributed by atoms with E-state index in [1.54, 1.807) is 30.3 Å². The molecule has 0 saturated carbocycles. The second-order valence-corrected chi connectivity index (χ2v) is 10.6. The van der Waals surface area contributed by atoms with Crippen molar-refractivity contribution in [3.63, 3.8) is 0 Å². The van der Waals surface area contributed by atoms with Crippen LogP contribution in [0.25, 0.3) is 0 Å². The fraction of sp³-hybridized carbons (Fsp3) is 0.323. The van der Waals surface area contributed by atoms with Gasteiger partial charge in [0.1, 0.15) is 17.9 Å². The number of halogens is 4. The quantitative estimate of drug-likeness (QED) is 0.179. The number of carbonyl (C=O) groups excluding carboxylic acids is 4. The fourth-order valence-corrected chi connectivity index (χ4v) is 4.78. The highest BCUT2D eigenvalue weighted by atomic mass is 19.2. The highest BCUT2D eigenvalue weighted by molar-refractivity contribution is 6.00. The smallest absolute Gasteiger partial charge is 0.348 e. The molecule has 4 rings (SSSR count). The molecule has 46 heavy (non-hydrogen) atoms. The van der Waals surface area contributed by atoms with Crippen LogP contribution in [0.5, 0.6) is 5.75 Å². The van der Waals surface area contributed by atoms with Crippen molar-refractivity contribution < 1.29 is 56.4 Å². The molecular formula is C31H29F4N3O8. The molecule has 2 amide bonds. The van der Waals surface area contributed by atoms with E-state index in [-0.39, 0.29) is 12.0 Å². The lowest BCUT2D eigenvalue weighted by Crippen LogP contribution is -2.59. The van der Waals surface area contributed by atoms with Crippen LogP contribution in [-0.4, -0.2) is 69.3 Å². The molecule has 0 aliphatic carbocycles. The molecule has 1 unspecified atom stereocenters. The summed E-state index contributed by atoms with van der Waals surface area (Å²) in [6.07, 6.45) is -6.35. The van der Waals surface area contributed by atoms with E-state index < -0.39 is 101 Å². The minimum Gasteiger partial charge on any atom is -0.507 e. The van der Waals surface area contributed by atoms with E-state index in [0.717, 1.165) is 6.92 Å². The summed E-state index contributed by atoms with van der Waals surface area (Å²) in [6, 6.07) is 10.0. The lowest BCUT2D eigenvalue weighted by Gasteiger charge is -2.33. The van der Waals surface area contributed by atoms with Gasteiger partial charge in [-0.15, -0.1) is 0 Å². The summed E-state index contributed by atoms with van der Waals surface area (Å²) in [5.41, 5.74) is -0.882. The summed E-state index contributed by atoms with van der Waals surface area (Å²) in [5, 5.41) is 25.9. The van der Waals surface area contributed by atoms with Crippen LogP contribution < -0.4 is 10.6 Å². The number of phenols is 1. The molecule has 1 aromatic heterocycles. The summed E-state index contributed by atoms with van der Waals surface area (Å²) >= 11 is 0. The number of aliphatic hydroxyl groups excluding tert-OH is 1. The number of ether oxygens (including phenoxy) is 2. The number of aromatic hydroxyl groups is 1. The number of cyclic esters (lactones) is 2. The average molecular weight is 648 g/mol. The number of para-hydroxylation sites is 1. The molecular weight excluding hydrogens is 618 g/mol. The minimum absolute atomic E-state index is 0.192. The number of hydrogen-bond donors (Lipinski definition) is 4. The molecule has 244 valence electrons. The number of phenolic OH excluding ortho intramolecular Hbond substituents is 1. The third-order valence-electron chi connectivity index (χ3n) is 7.41. The molecule has 1 saturated heterocycles. The summed E-state index contributed by atoms with van der Waals surface area (Å²) < 4.78 is 67.5. The second kappa shape index (κ2) is 14.4. The van der Waals surface area contributed by atoms with Gasteiger partial charge in [-0.05, 0) is 31.5 Å². The molecule has 1 fully saturated rings. The lowest BCUT2D eigenvalue weighted by molar-refractivity contribution is -0.177. The maximum absolute atomic E-state index is 14.6. The molecule has 4 N–H and O–H groups in total. The highest BCUT2D eigenvalue weighted by Gasteiger charge is 2.41. The zero-order valence-electron chi connectivity index (χ0n) is 24.4. The monoisotopic (exact) mass is 647 g/mol. The van der Waals surface area contributed by atoms with Gasteiger partial charge in [-0.25, -0.2) is 9.18 Å². The van der Waals surface area contributed by atoms with Crippen molar-refractivity contribution in [2.75, 3.05) is 0 Å². The standard InChI is InChI=1S/C31H29F4N3O8/c1-14-25(40)19(13-18-22(32)23(33)27(35)38-26(18)34)36-29(42)24(37-28(41)17-10-6-7-11-20(17)39)15(2)45-31(44)21(46-30(14)43)12-16-8-4-3-5-9-16/h3-11,14-15,19,21,24-25,39-40H,12-13H2,1-2H3,(H,36,42)(H,37,41)/t14-,15-,19+,21?,24+,25+/m1/s1. The third-order valence-corrected chi connectivity index (χ3v) is 7.41. The van der Waals surface area contributed by atoms with Crippen molar-refractivity contribution in [3.8, 4) is 5.75 Å². The number of rotatable bonds is 6. The van der Waals surface area contributed by atoms with Gasteiger partial charge in [0.05, 0.1) is 23.6 Å². The summed E-state index contributed by atoms with van der Waals surface area (Å²) in [7, 11) is 0. The maximum atomic E-state index is 14.6. The Morgan fingerprint density at radius 1 is 0.891 bits per heavy atom. The Kier molecular flexibility index (Phi) is 10.6. The number of aliphatic hydroxyl groups is 1. The van der Waals surface area contributed by atoms with E-state index in [1.807, 2.05) is 0 Å². The summed E-state index contributed by atoms with van der Waals surface area (Å²) in [4.78, 5) is 55.8. The van der Waals surface area contributed by atoms with Crippen LogP contribution in [0, 0.1) is 29.4 Å². The van der Waals surface area contributed by atoms with Crippen LogP contribution >= 0.6 is 0 Å². The second-order valence-electron chi connectivity index (χ2n) is 10.6. The Hall–Kier alpha value is -5.05. The van der Waals surface area contributed by atoms with Crippen LogP contribution in [-0.2, 0) is 36.7 Å². The van der Waals surface area contributed by atoms with Crippen molar-refractivity contribution in [2.24, 2.45) is 5.92 Å². The maximum Gasteiger partial charge on any atom is 0.348 e. The van der Waals surface area contributed by atoms with E-state index in [9.17, 15) is 47.0 Å². The lowest BCUT2D eigenvalue weighted by atomic mass is 9.92. The molecule has 0 spiro atoms. The van der Waals surface area contributed by atoms with Crippen molar-refractivity contribution in [3.05, 3.63) is 94.8 Å². The number of pyridine rings is 1. The number of benzene rings is 2. The Morgan fingerprint density at radius 2 is 1.54 bits per heavy atom. The van der Waals surface area contributed by atoms with Crippen LogP contribution in [0.1, 0.15) is 35.3 Å². The van der Waals surface area contributed by atoms with E-state index in [2.05, 4.69) is 15.6 Å². The van der Waals surface area contributed by atoms with Crippen LogP contribution in [0.2, 0.25) is 0 Å². The number of aromatic nitrogens is 1.